The number of methoxy groups -OCH3 is 1. The lowest BCUT2D eigenvalue weighted by molar-refractivity contribution is -0.383. The Bertz CT molecular complexity index is 809. The highest BCUT2D eigenvalue weighted by Gasteiger charge is 2.23. The van der Waals surface area contributed by atoms with Crippen LogP contribution in [0.25, 0.3) is 10.8 Å². The number of carbonyl (C=O) groups is 2. The molecule has 1 atom stereocenters. The molecule has 2 aromatic carbocycles. The number of nitro groups is 1. The summed E-state index contributed by atoms with van der Waals surface area (Å²) < 4.78 is 4.71. The summed E-state index contributed by atoms with van der Waals surface area (Å²) in [6, 6.07) is 8.76. The van der Waals surface area contributed by atoms with Crippen molar-refractivity contribution in [3.8, 4) is 0 Å². The van der Waals surface area contributed by atoms with E-state index in [0.29, 0.717) is 22.9 Å². The van der Waals surface area contributed by atoms with Crippen LogP contribution in [-0.2, 0) is 9.53 Å². The van der Waals surface area contributed by atoms with Crippen LogP contribution in [0.3, 0.4) is 0 Å². The quantitative estimate of drug-likeness (QED) is 0.462. The van der Waals surface area contributed by atoms with Crippen molar-refractivity contribution in [2.75, 3.05) is 19.1 Å². The Labute approximate surface area is 148 Å². The SMILES string of the molecule is COC(=O)C(CCSC)NC(=O)c1cc([N+](=O)[O-])c2ccccc2c1. The van der Waals surface area contributed by atoms with Crippen molar-refractivity contribution in [2.45, 2.75) is 12.5 Å². The molecule has 0 heterocycles. The zero-order valence-corrected chi connectivity index (χ0v) is 14.7. The van der Waals surface area contributed by atoms with E-state index in [1.165, 1.54) is 13.2 Å². The predicted molar refractivity (Wildman–Crippen MR) is 96.9 cm³/mol. The van der Waals surface area contributed by atoms with Crippen molar-refractivity contribution in [2.24, 2.45) is 0 Å². The molecule has 0 fully saturated rings. The number of nitrogens with one attached hydrogen (secondary N) is 1. The number of esters is 1. The van der Waals surface area contributed by atoms with Crippen LogP contribution < -0.4 is 5.32 Å². The molecule has 0 radical (unpaired) electrons. The second-order valence-corrected chi connectivity index (χ2v) is 6.29. The van der Waals surface area contributed by atoms with Gasteiger partial charge in [0.15, 0.2) is 0 Å². The number of rotatable bonds is 7. The number of nitro benzene ring substituents is 1. The van der Waals surface area contributed by atoms with Gasteiger partial charge in [0.1, 0.15) is 6.04 Å². The molecule has 0 saturated carbocycles. The number of amides is 1. The Hall–Kier alpha value is -2.61. The summed E-state index contributed by atoms with van der Waals surface area (Å²) in [7, 11) is 1.25. The molecule has 1 amide bonds. The maximum absolute atomic E-state index is 12.5. The molecule has 8 heteroatoms. The van der Waals surface area contributed by atoms with Crippen LogP contribution >= 0.6 is 11.8 Å². The molecule has 0 aliphatic carbocycles. The van der Waals surface area contributed by atoms with Crippen molar-refractivity contribution < 1.29 is 19.2 Å². The number of ether oxygens (including phenoxy) is 1. The minimum absolute atomic E-state index is 0.128. The van der Waals surface area contributed by atoms with E-state index in [9.17, 15) is 19.7 Å². The number of non-ortho nitro benzene ring substituents is 1. The van der Waals surface area contributed by atoms with Crippen molar-refractivity contribution in [1.29, 1.82) is 0 Å². The zero-order valence-electron chi connectivity index (χ0n) is 13.9. The van der Waals surface area contributed by atoms with E-state index in [-0.39, 0.29) is 11.3 Å². The number of benzene rings is 2. The van der Waals surface area contributed by atoms with Gasteiger partial charge in [0.2, 0.25) is 0 Å². The first-order valence-corrected chi connectivity index (χ1v) is 8.92. The van der Waals surface area contributed by atoms with Gasteiger partial charge >= 0.3 is 5.97 Å². The van der Waals surface area contributed by atoms with Gasteiger partial charge in [0.25, 0.3) is 11.6 Å². The fourth-order valence-corrected chi connectivity index (χ4v) is 2.91. The van der Waals surface area contributed by atoms with Crippen LogP contribution in [0.4, 0.5) is 5.69 Å². The van der Waals surface area contributed by atoms with Crippen LogP contribution in [0.2, 0.25) is 0 Å². The highest BCUT2D eigenvalue weighted by molar-refractivity contribution is 7.98. The van der Waals surface area contributed by atoms with E-state index in [1.807, 2.05) is 6.26 Å². The first-order chi connectivity index (χ1) is 12.0. The van der Waals surface area contributed by atoms with Crippen molar-refractivity contribution >= 4 is 40.1 Å². The van der Waals surface area contributed by atoms with Crippen LogP contribution in [0.5, 0.6) is 0 Å². The maximum atomic E-state index is 12.5. The van der Waals surface area contributed by atoms with Gasteiger partial charge in [-0.15, -0.1) is 0 Å². The molecule has 0 spiro atoms. The molecular formula is C17H18N2O5S. The third kappa shape index (κ3) is 4.48. The second kappa shape index (κ2) is 8.48. The van der Waals surface area contributed by atoms with Gasteiger partial charge in [-0.05, 0) is 35.9 Å². The van der Waals surface area contributed by atoms with Gasteiger partial charge in [-0.2, -0.15) is 11.8 Å². The number of carbonyl (C=O) groups excluding carboxylic acids is 2. The highest BCUT2D eigenvalue weighted by Crippen LogP contribution is 2.27. The fourth-order valence-electron chi connectivity index (χ4n) is 2.44. The average molecular weight is 362 g/mol. The molecule has 7 nitrogen and oxygen atoms in total. The fraction of sp³-hybridized carbons (Fsp3) is 0.294. The number of nitrogens with zero attached hydrogens (tertiary/aromatic N) is 1. The first kappa shape index (κ1) is 18.7. The molecular weight excluding hydrogens is 344 g/mol. The molecule has 0 bridgehead atoms. The Morgan fingerprint density at radius 1 is 1.32 bits per heavy atom. The smallest absolute Gasteiger partial charge is 0.328 e. The molecule has 1 unspecified atom stereocenters. The lowest BCUT2D eigenvalue weighted by Gasteiger charge is -2.16. The molecule has 132 valence electrons. The second-order valence-electron chi connectivity index (χ2n) is 5.30. The number of fused-ring (bicyclic) bond motifs is 1. The van der Waals surface area contributed by atoms with Crippen LogP contribution in [0.1, 0.15) is 16.8 Å². The third-order valence-electron chi connectivity index (χ3n) is 3.70. The summed E-state index contributed by atoms with van der Waals surface area (Å²) in [6.45, 7) is 0. The predicted octanol–water partition coefficient (Wildman–Crippen LogP) is 2.77. The van der Waals surface area contributed by atoms with Gasteiger partial charge in [-0.1, -0.05) is 18.2 Å². The number of thioether (sulfide) groups is 1. The highest BCUT2D eigenvalue weighted by atomic mass is 32.2. The average Bonchev–Trinajstić information content (AvgIpc) is 2.63. The van der Waals surface area contributed by atoms with E-state index in [2.05, 4.69) is 5.32 Å². The summed E-state index contributed by atoms with van der Waals surface area (Å²) in [5.74, 6) is -0.430. The standard InChI is InChI=1S/C17H18N2O5S/c1-24-17(21)14(7-8-25-2)18-16(20)12-9-11-5-3-4-6-13(11)15(10-12)19(22)23/h3-6,9-10,14H,7-8H2,1-2H3,(H,18,20). The minimum atomic E-state index is -0.796. The van der Waals surface area contributed by atoms with E-state index in [4.69, 9.17) is 4.74 Å². The summed E-state index contributed by atoms with van der Waals surface area (Å²) >= 11 is 1.54. The molecule has 0 aliphatic rings. The molecule has 1 N–H and O–H groups in total. The minimum Gasteiger partial charge on any atom is -0.467 e. The van der Waals surface area contributed by atoms with E-state index in [1.54, 1.807) is 42.1 Å². The number of hydrogen-bond acceptors (Lipinski definition) is 6. The molecule has 0 saturated heterocycles. The zero-order chi connectivity index (χ0) is 18.4. The maximum Gasteiger partial charge on any atom is 0.328 e. The van der Waals surface area contributed by atoms with Gasteiger partial charge in [0, 0.05) is 11.6 Å². The van der Waals surface area contributed by atoms with Crippen molar-refractivity contribution in [3.63, 3.8) is 0 Å². The van der Waals surface area contributed by atoms with Crippen molar-refractivity contribution in [3.05, 3.63) is 52.1 Å². The largest absolute Gasteiger partial charge is 0.467 e. The third-order valence-corrected chi connectivity index (χ3v) is 4.34. The van der Waals surface area contributed by atoms with Gasteiger partial charge in [-0.3, -0.25) is 14.9 Å². The molecule has 2 aromatic rings. The lowest BCUT2D eigenvalue weighted by Crippen LogP contribution is -2.42. The van der Waals surface area contributed by atoms with Gasteiger partial charge in [0.05, 0.1) is 17.4 Å². The topological polar surface area (TPSA) is 98.5 Å². The van der Waals surface area contributed by atoms with E-state index < -0.39 is 22.8 Å². The van der Waals surface area contributed by atoms with Crippen molar-refractivity contribution in [1.82, 2.24) is 5.32 Å². The monoisotopic (exact) mass is 362 g/mol. The summed E-state index contributed by atoms with van der Waals surface area (Å²) in [6.07, 6.45) is 2.30. The summed E-state index contributed by atoms with van der Waals surface area (Å²) in [4.78, 5) is 35.1. The van der Waals surface area contributed by atoms with E-state index in [0.717, 1.165) is 0 Å². The first-order valence-electron chi connectivity index (χ1n) is 7.52. The molecule has 0 aromatic heterocycles. The summed E-state index contributed by atoms with van der Waals surface area (Å²) in [5.41, 5.74) is -0.0227. The van der Waals surface area contributed by atoms with Crippen LogP contribution in [0.15, 0.2) is 36.4 Å². The van der Waals surface area contributed by atoms with Crippen LogP contribution in [0, 0.1) is 10.1 Å². The molecule has 2 rings (SSSR count). The van der Waals surface area contributed by atoms with Gasteiger partial charge < -0.3 is 10.1 Å². The van der Waals surface area contributed by atoms with Gasteiger partial charge in [-0.25, -0.2) is 4.79 Å². The number of hydrogen-bond donors (Lipinski definition) is 1. The molecule has 0 aliphatic heterocycles. The Balaban J connectivity index is 2.34. The lowest BCUT2D eigenvalue weighted by atomic mass is 10.0. The Morgan fingerprint density at radius 3 is 2.68 bits per heavy atom. The van der Waals surface area contributed by atoms with E-state index >= 15 is 0 Å². The Morgan fingerprint density at radius 2 is 2.04 bits per heavy atom. The molecule has 25 heavy (non-hydrogen) atoms. The van der Waals surface area contributed by atoms with Crippen LogP contribution in [-0.4, -0.2) is 42.0 Å². The summed E-state index contributed by atoms with van der Waals surface area (Å²) in [5, 5.41) is 14.9. The normalized spacial score (nSPS) is 11.8. The Kier molecular flexibility index (Phi) is 6.35.